The first-order valence-electron chi connectivity index (χ1n) is 5.60. The molecular weight excluding hydrogens is 287 g/mol. The molecule has 0 aliphatic rings. The summed E-state index contributed by atoms with van der Waals surface area (Å²) in [5.74, 6) is -2.21. The molecule has 0 aromatic heterocycles. The van der Waals surface area contributed by atoms with Crippen LogP contribution in [0.3, 0.4) is 0 Å². The summed E-state index contributed by atoms with van der Waals surface area (Å²) in [6.45, 7) is -0.166. The van der Waals surface area contributed by atoms with Gasteiger partial charge in [0.2, 0.25) is 10.0 Å². The zero-order chi connectivity index (χ0) is 15.3. The third-order valence-corrected chi connectivity index (χ3v) is 4.45. The lowest BCUT2D eigenvalue weighted by Gasteiger charge is -2.16. The van der Waals surface area contributed by atoms with Gasteiger partial charge in [-0.05, 0) is 17.7 Å². The second kappa shape index (κ2) is 6.45. The molecule has 0 saturated carbocycles. The molecule has 0 amide bonds. The molecule has 0 fully saturated rings. The van der Waals surface area contributed by atoms with Crippen LogP contribution in [0.5, 0.6) is 0 Å². The van der Waals surface area contributed by atoms with Crippen molar-refractivity contribution >= 4 is 16.0 Å². The van der Waals surface area contributed by atoms with Crippen LogP contribution in [0.4, 0.5) is 4.39 Å². The minimum absolute atomic E-state index is 0.0554. The van der Waals surface area contributed by atoms with Crippen molar-refractivity contribution in [3.63, 3.8) is 0 Å². The Morgan fingerprint density at radius 1 is 1.50 bits per heavy atom. The van der Waals surface area contributed by atoms with Gasteiger partial charge >= 0.3 is 5.97 Å². The standard InChI is InChI=1S/C12H13FN2O4S/c1-15(5-4-12(16)17)20(18,19)8-9-2-3-11(13)6-10(9)7-14/h2-3,6H,4-5,8H2,1H3,(H,16,17). The largest absolute Gasteiger partial charge is 0.481 e. The molecule has 20 heavy (non-hydrogen) atoms. The summed E-state index contributed by atoms with van der Waals surface area (Å²) in [7, 11) is -2.50. The zero-order valence-electron chi connectivity index (χ0n) is 10.7. The Morgan fingerprint density at radius 2 is 2.15 bits per heavy atom. The topological polar surface area (TPSA) is 98.5 Å². The highest BCUT2D eigenvalue weighted by Gasteiger charge is 2.21. The first kappa shape index (κ1) is 16.1. The number of rotatable bonds is 6. The van der Waals surface area contributed by atoms with Crippen LogP contribution in [0, 0.1) is 17.1 Å². The molecular formula is C12H13FN2O4S. The molecule has 6 nitrogen and oxygen atoms in total. The van der Waals surface area contributed by atoms with Crippen LogP contribution in [-0.4, -0.2) is 37.4 Å². The second-order valence-corrected chi connectivity index (χ2v) is 6.21. The Hall–Kier alpha value is -1.98. The van der Waals surface area contributed by atoms with Crippen molar-refractivity contribution in [1.82, 2.24) is 4.31 Å². The van der Waals surface area contributed by atoms with Crippen molar-refractivity contribution in [3.8, 4) is 6.07 Å². The molecule has 1 rings (SSSR count). The summed E-state index contributed by atoms with van der Waals surface area (Å²) in [6, 6.07) is 5.00. The van der Waals surface area contributed by atoms with Gasteiger partial charge in [0.1, 0.15) is 5.82 Å². The minimum atomic E-state index is -3.76. The van der Waals surface area contributed by atoms with Gasteiger partial charge in [-0.15, -0.1) is 0 Å². The highest BCUT2D eigenvalue weighted by atomic mass is 32.2. The van der Waals surface area contributed by atoms with E-state index in [-0.39, 0.29) is 24.1 Å². The lowest BCUT2D eigenvalue weighted by atomic mass is 10.1. The molecule has 0 bridgehead atoms. The molecule has 108 valence electrons. The van der Waals surface area contributed by atoms with Crippen LogP contribution in [0.25, 0.3) is 0 Å². The number of aliphatic carboxylic acids is 1. The molecule has 0 spiro atoms. The zero-order valence-corrected chi connectivity index (χ0v) is 11.5. The lowest BCUT2D eigenvalue weighted by Crippen LogP contribution is -2.30. The summed E-state index contributed by atoms with van der Waals surface area (Å²) in [6.07, 6.45) is -0.315. The van der Waals surface area contributed by atoms with Crippen LogP contribution in [0.2, 0.25) is 0 Å². The van der Waals surface area contributed by atoms with Crippen LogP contribution in [0.15, 0.2) is 18.2 Å². The highest BCUT2D eigenvalue weighted by Crippen LogP contribution is 2.15. The fraction of sp³-hybridized carbons (Fsp3) is 0.333. The maximum absolute atomic E-state index is 13.0. The van der Waals surface area contributed by atoms with Crippen LogP contribution in [0.1, 0.15) is 17.5 Å². The van der Waals surface area contributed by atoms with Crippen molar-refractivity contribution in [2.75, 3.05) is 13.6 Å². The van der Waals surface area contributed by atoms with Gasteiger partial charge in [0.25, 0.3) is 0 Å². The number of carboxylic acids is 1. The Labute approximate surface area is 116 Å². The molecule has 1 aromatic rings. The minimum Gasteiger partial charge on any atom is -0.481 e. The van der Waals surface area contributed by atoms with Gasteiger partial charge in [0, 0.05) is 13.6 Å². The number of nitriles is 1. The van der Waals surface area contributed by atoms with E-state index in [4.69, 9.17) is 10.4 Å². The van der Waals surface area contributed by atoms with E-state index >= 15 is 0 Å². The number of nitrogens with zero attached hydrogens (tertiary/aromatic N) is 2. The summed E-state index contributed by atoms with van der Waals surface area (Å²) < 4.78 is 37.9. The van der Waals surface area contributed by atoms with Crippen LogP contribution in [-0.2, 0) is 20.6 Å². The second-order valence-electron chi connectivity index (χ2n) is 4.13. The molecule has 0 aliphatic heterocycles. The maximum atomic E-state index is 13.0. The average Bonchev–Trinajstić information content (AvgIpc) is 2.37. The van der Waals surface area contributed by atoms with E-state index in [0.29, 0.717) is 0 Å². The van der Waals surface area contributed by atoms with E-state index in [1.165, 1.54) is 13.1 Å². The molecule has 0 saturated heterocycles. The van der Waals surface area contributed by atoms with Gasteiger partial charge in [0.05, 0.1) is 23.8 Å². The molecule has 0 atom stereocenters. The van der Waals surface area contributed by atoms with Crippen molar-refractivity contribution < 1.29 is 22.7 Å². The Kier molecular flexibility index (Phi) is 5.19. The Balaban J connectivity index is 2.91. The lowest BCUT2D eigenvalue weighted by molar-refractivity contribution is -0.137. The molecule has 0 heterocycles. The number of hydrogen-bond donors (Lipinski definition) is 1. The summed E-state index contributed by atoms with van der Waals surface area (Å²) in [5.41, 5.74) is 0.122. The summed E-state index contributed by atoms with van der Waals surface area (Å²) in [5, 5.41) is 17.4. The van der Waals surface area contributed by atoms with E-state index in [1.807, 2.05) is 0 Å². The smallest absolute Gasteiger partial charge is 0.304 e. The van der Waals surface area contributed by atoms with Gasteiger partial charge in [0.15, 0.2) is 0 Å². The summed E-state index contributed by atoms with van der Waals surface area (Å²) in [4.78, 5) is 10.4. The Morgan fingerprint density at radius 3 is 2.70 bits per heavy atom. The molecule has 1 N–H and O–H groups in total. The number of benzene rings is 1. The van der Waals surface area contributed by atoms with Gasteiger partial charge < -0.3 is 5.11 Å². The predicted molar refractivity (Wildman–Crippen MR) is 68.6 cm³/mol. The van der Waals surface area contributed by atoms with Crippen molar-refractivity contribution in [2.24, 2.45) is 0 Å². The van der Waals surface area contributed by atoms with Gasteiger partial charge in [-0.25, -0.2) is 17.1 Å². The van der Waals surface area contributed by atoms with Crippen LogP contribution >= 0.6 is 0 Å². The van der Waals surface area contributed by atoms with E-state index in [1.54, 1.807) is 6.07 Å². The molecule has 0 radical (unpaired) electrons. The molecule has 8 heteroatoms. The predicted octanol–water partition coefficient (Wildman–Crippen LogP) is 0.934. The van der Waals surface area contributed by atoms with Gasteiger partial charge in [-0.3, -0.25) is 4.79 Å². The fourth-order valence-corrected chi connectivity index (χ4v) is 2.71. The maximum Gasteiger partial charge on any atom is 0.304 e. The normalized spacial score (nSPS) is 11.3. The quantitative estimate of drug-likeness (QED) is 0.842. The van der Waals surface area contributed by atoms with Gasteiger partial charge in [-0.1, -0.05) is 6.07 Å². The number of sulfonamides is 1. The third-order valence-electron chi connectivity index (χ3n) is 2.65. The van der Waals surface area contributed by atoms with Crippen LogP contribution < -0.4 is 0 Å². The Bertz CT molecular complexity index is 652. The molecule has 1 aromatic carbocycles. The number of carbonyl (C=O) groups is 1. The van der Waals surface area contributed by atoms with E-state index in [9.17, 15) is 17.6 Å². The van der Waals surface area contributed by atoms with Crippen molar-refractivity contribution in [1.29, 1.82) is 5.26 Å². The SMILES string of the molecule is CN(CCC(=O)O)S(=O)(=O)Cc1ccc(F)cc1C#N. The van der Waals surface area contributed by atoms with Crippen molar-refractivity contribution in [2.45, 2.75) is 12.2 Å². The number of carboxylic acid groups (broad SMARTS) is 1. The number of hydrogen-bond acceptors (Lipinski definition) is 4. The average molecular weight is 300 g/mol. The van der Waals surface area contributed by atoms with Gasteiger partial charge in [-0.2, -0.15) is 5.26 Å². The molecule has 0 unspecified atom stereocenters. The fourth-order valence-electron chi connectivity index (χ4n) is 1.48. The van der Waals surface area contributed by atoms with Crippen molar-refractivity contribution in [3.05, 3.63) is 35.1 Å². The van der Waals surface area contributed by atoms with E-state index in [0.717, 1.165) is 16.4 Å². The highest BCUT2D eigenvalue weighted by molar-refractivity contribution is 7.88. The first-order valence-corrected chi connectivity index (χ1v) is 7.21. The first-order chi connectivity index (χ1) is 9.26. The monoisotopic (exact) mass is 300 g/mol. The third kappa shape index (κ3) is 4.29. The number of halogens is 1. The molecule has 0 aliphatic carbocycles. The summed E-state index contributed by atoms with van der Waals surface area (Å²) >= 11 is 0. The van der Waals surface area contributed by atoms with E-state index < -0.39 is 27.6 Å². The van der Waals surface area contributed by atoms with E-state index in [2.05, 4.69) is 0 Å².